The monoisotopic (exact) mass is 420 g/mol. The predicted octanol–water partition coefficient (Wildman–Crippen LogP) is 4.05. The van der Waals surface area contributed by atoms with Gasteiger partial charge in [-0.25, -0.2) is 4.79 Å². The Morgan fingerprint density at radius 1 is 1.18 bits per heavy atom. The number of rotatable bonds is 6. The van der Waals surface area contributed by atoms with E-state index in [0.717, 1.165) is 21.6 Å². The first kappa shape index (κ1) is 21.8. The van der Waals surface area contributed by atoms with Crippen molar-refractivity contribution in [2.75, 3.05) is 18.5 Å². The minimum absolute atomic E-state index is 0.0985. The third-order valence-electron chi connectivity index (χ3n) is 4.05. The summed E-state index contributed by atoms with van der Waals surface area (Å²) >= 11 is 6.59. The molecule has 1 amide bonds. The fraction of sp³-hybridized carbons (Fsp3) is 0.350. The Kier molecular flexibility index (Phi) is 7.53. The van der Waals surface area contributed by atoms with Crippen LogP contribution in [0.1, 0.15) is 38.8 Å². The fourth-order valence-electron chi connectivity index (χ4n) is 2.47. The van der Waals surface area contributed by atoms with Crippen LogP contribution in [0.3, 0.4) is 0 Å². The molecule has 6 nitrogen and oxygen atoms in total. The highest BCUT2D eigenvalue weighted by molar-refractivity contribution is 7.80. The second kappa shape index (κ2) is 9.66. The fourth-order valence-corrected chi connectivity index (χ4v) is 3.80. The normalized spacial score (nSPS) is 10.3. The van der Waals surface area contributed by atoms with Gasteiger partial charge in [0.2, 0.25) is 0 Å². The van der Waals surface area contributed by atoms with Crippen molar-refractivity contribution in [1.82, 2.24) is 5.32 Å². The SMILES string of the molecule is CCOC(=O)c1c(NC(=S)NC(=O)COc2cc(C)ccc2C)sc(C)c1C. The zero-order chi connectivity index (χ0) is 20.8. The van der Waals surface area contributed by atoms with E-state index in [1.54, 1.807) is 6.92 Å². The lowest BCUT2D eigenvalue weighted by Crippen LogP contribution is -2.37. The number of esters is 1. The molecule has 0 aliphatic carbocycles. The first-order chi connectivity index (χ1) is 13.2. The first-order valence-corrected chi connectivity index (χ1v) is 10.0. The number of thiophene rings is 1. The molecule has 0 bridgehead atoms. The molecule has 0 atom stereocenters. The van der Waals surface area contributed by atoms with E-state index < -0.39 is 5.97 Å². The number of hydrogen-bond acceptors (Lipinski definition) is 6. The van der Waals surface area contributed by atoms with Gasteiger partial charge in [-0.1, -0.05) is 12.1 Å². The van der Waals surface area contributed by atoms with Crippen LogP contribution in [0.4, 0.5) is 5.00 Å². The van der Waals surface area contributed by atoms with E-state index in [4.69, 9.17) is 21.7 Å². The van der Waals surface area contributed by atoms with Gasteiger partial charge in [0.05, 0.1) is 12.2 Å². The average molecular weight is 421 g/mol. The molecule has 1 aromatic carbocycles. The molecular weight excluding hydrogens is 396 g/mol. The van der Waals surface area contributed by atoms with E-state index >= 15 is 0 Å². The van der Waals surface area contributed by atoms with Crippen molar-refractivity contribution in [2.24, 2.45) is 0 Å². The molecule has 2 aromatic rings. The van der Waals surface area contributed by atoms with Crippen molar-refractivity contribution in [3.05, 3.63) is 45.3 Å². The van der Waals surface area contributed by atoms with Crippen LogP contribution in [0.15, 0.2) is 18.2 Å². The van der Waals surface area contributed by atoms with Gasteiger partial charge in [-0.15, -0.1) is 11.3 Å². The van der Waals surface area contributed by atoms with Crippen molar-refractivity contribution >= 4 is 45.5 Å². The van der Waals surface area contributed by atoms with Crippen LogP contribution < -0.4 is 15.4 Å². The second-order valence-electron chi connectivity index (χ2n) is 6.27. The Hall–Kier alpha value is -2.45. The zero-order valence-electron chi connectivity index (χ0n) is 16.6. The van der Waals surface area contributed by atoms with Gasteiger partial charge < -0.3 is 14.8 Å². The van der Waals surface area contributed by atoms with Gasteiger partial charge in [0.15, 0.2) is 11.7 Å². The molecule has 0 saturated heterocycles. The summed E-state index contributed by atoms with van der Waals surface area (Å²) in [5.74, 6) is -0.150. The molecule has 0 aliphatic rings. The van der Waals surface area contributed by atoms with E-state index in [1.165, 1.54) is 11.3 Å². The first-order valence-electron chi connectivity index (χ1n) is 8.80. The Balaban J connectivity index is 1.98. The summed E-state index contributed by atoms with van der Waals surface area (Å²) < 4.78 is 10.7. The van der Waals surface area contributed by atoms with Crippen molar-refractivity contribution in [1.29, 1.82) is 0 Å². The number of thiocarbonyl (C=S) groups is 1. The quantitative estimate of drug-likeness (QED) is 0.542. The predicted molar refractivity (Wildman–Crippen MR) is 116 cm³/mol. The Labute approximate surface area is 174 Å². The molecule has 1 aromatic heterocycles. The van der Waals surface area contributed by atoms with Gasteiger partial charge in [0.1, 0.15) is 10.8 Å². The van der Waals surface area contributed by atoms with E-state index in [-0.39, 0.29) is 24.2 Å². The van der Waals surface area contributed by atoms with Gasteiger partial charge in [0, 0.05) is 4.88 Å². The average Bonchev–Trinajstić information content (AvgIpc) is 2.89. The smallest absolute Gasteiger partial charge is 0.341 e. The summed E-state index contributed by atoms with van der Waals surface area (Å²) in [4.78, 5) is 25.3. The van der Waals surface area contributed by atoms with Gasteiger partial charge in [-0.05, 0) is 69.6 Å². The molecule has 1 heterocycles. The van der Waals surface area contributed by atoms with E-state index in [2.05, 4.69) is 10.6 Å². The zero-order valence-corrected chi connectivity index (χ0v) is 18.2. The third-order valence-corrected chi connectivity index (χ3v) is 5.37. The maximum Gasteiger partial charge on any atom is 0.341 e. The summed E-state index contributed by atoms with van der Waals surface area (Å²) in [6.45, 7) is 9.49. The molecule has 0 radical (unpaired) electrons. The van der Waals surface area contributed by atoms with Crippen molar-refractivity contribution in [3.63, 3.8) is 0 Å². The lowest BCUT2D eigenvalue weighted by molar-refractivity contribution is -0.121. The van der Waals surface area contributed by atoms with E-state index in [0.29, 0.717) is 16.3 Å². The second-order valence-corrected chi connectivity index (χ2v) is 7.90. The van der Waals surface area contributed by atoms with E-state index in [9.17, 15) is 9.59 Å². The molecular formula is C20H24N2O4S2. The lowest BCUT2D eigenvalue weighted by atomic mass is 10.1. The van der Waals surface area contributed by atoms with Crippen LogP contribution in [0.25, 0.3) is 0 Å². The Morgan fingerprint density at radius 3 is 2.57 bits per heavy atom. The molecule has 0 unspecified atom stereocenters. The molecule has 0 fully saturated rings. The summed E-state index contributed by atoms with van der Waals surface area (Å²) in [5.41, 5.74) is 3.27. The number of anilines is 1. The number of nitrogens with one attached hydrogen (secondary N) is 2. The van der Waals surface area contributed by atoms with E-state index in [1.807, 2.05) is 45.9 Å². The molecule has 2 N–H and O–H groups in total. The van der Waals surface area contributed by atoms with Crippen LogP contribution in [-0.2, 0) is 9.53 Å². The highest BCUT2D eigenvalue weighted by Crippen LogP contribution is 2.33. The maximum absolute atomic E-state index is 12.2. The number of benzene rings is 1. The Bertz CT molecular complexity index is 906. The summed E-state index contributed by atoms with van der Waals surface area (Å²) in [7, 11) is 0. The molecule has 28 heavy (non-hydrogen) atoms. The maximum atomic E-state index is 12.2. The lowest BCUT2D eigenvalue weighted by Gasteiger charge is -2.12. The van der Waals surface area contributed by atoms with Crippen LogP contribution in [0.5, 0.6) is 5.75 Å². The van der Waals surface area contributed by atoms with Gasteiger partial charge in [-0.2, -0.15) is 0 Å². The minimum Gasteiger partial charge on any atom is -0.483 e. The highest BCUT2D eigenvalue weighted by atomic mass is 32.1. The number of hydrogen-bond donors (Lipinski definition) is 2. The highest BCUT2D eigenvalue weighted by Gasteiger charge is 2.21. The molecule has 0 saturated carbocycles. The number of amides is 1. The summed E-state index contributed by atoms with van der Waals surface area (Å²) in [6, 6.07) is 5.79. The number of ether oxygens (including phenoxy) is 2. The van der Waals surface area contributed by atoms with Crippen LogP contribution in [-0.4, -0.2) is 30.2 Å². The van der Waals surface area contributed by atoms with Gasteiger partial charge in [-0.3, -0.25) is 10.1 Å². The number of aryl methyl sites for hydroxylation is 3. The van der Waals surface area contributed by atoms with Gasteiger partial charge >= 0.3 is 5.97 Å². The minimum atomic E-state index is -0.417. The van der Waals surface area contributed by atoms with Crippen LogP contribution in [0.2, 0.25) is 0 Å². The molecule has 8 heteroatoms. The van der Waals surface area contributed by atoms with Crippen LogP contribution >= 0.6 is 23.6 Å². The molecule has 0 spiro atoms. The summed E-state index contributed by atoms with van der Waals surface area (Å²) in [6.07, 6.45) is 0. The third kappa shape index (κ3) is 5.53. The molecule has 2 rings (SSSR count). The molecule has 150 valence electrons. The largest absolute Gasteiger partial charge is 0.483 e. The Morgan fingerprint density at radius 2 is 1.89 bits per heavy atom. The number of carbonyl (C=O) groups excluding carboxylic acids is 2. The summed E-state index contributed by atoms with van der Waals surface area (Å²) in [5, 5.41) is 6.14. The van der Waals surface area contributed by atoms with Crippen molar-refractivity contribution < 1.29 is 19.1 Å². The molecule has 0 aliphatic heterocycles. The van der Waals surface area contributed by atoms with Crippen molar-refractivity contribution in [2.45, 2.75) is 34.6 Å². The standard InChI is InChI=1S/C20H24N2O4S2/c1-6-25-19(24)17-13(4)14(5)28-18(17)22-20(27)21-16(23)10-26-15-9-11(2)7-8-12(15)3/h7-9H,6,10H2,1-5H3,(H2,21,22,23,27). The topological polar surface area (TPSA) is 76.7 Å². The number of carbonyl (C=O) groups is 2. The van der Waals surface area contributed by atoms with Gasteiger partial charge in [0.25, 0.3) is 5.91 Å². The van der Waals surface area contributed by atoms with Crippen molar-refractivity contribution in [3.8, 4) is 5.75 Å². The van der Waals surface area contributed by atoms with Crippen LogP contribution in [0, 0.1) is 27.7 Å².